The molecule has 1 saturated heterocycles. The largest absolute Gasteiger partial charge is 0.364 e. The van der Waals surface area contributed by atoms with Gasteiger partial charge in [-0.2, -0.15) is 0 Å². The second-order valence-corrected chi connectivity index (χ2v) is 7.17. The van der Waals surface area contributed by atoms with Crippen LogP contribution in [0.5, 0.6) is 0 Å². The summed E-state index contributed by atoms with van der Waals surface area (Å²) in [5.74, 6) is 0.788. The van der Waals surface area contributed by atoms with Crippen LogP contribution in [0.4, 0.5) is 0 Å². The van der Waals surface area contributed by atoms with Gasteiger partial charge in [0.2, 0.25) is 0 Å². The maximum atomic E-state index is 6.10. The SMILES string of the molecule is CN=C(NCc1ccon1)NC1CCN(Cc2ccc(Cl)c(Cl)c2)CC1.I. The lowest BCUT2D eigenvalue weighted by molar-refractivity contribution is 0.198. The van der Waals surface area contributed by atoms with Crippen LogP contribution in [0.2, 0.25) is 10.0 Å². The van der Waals surface area contributed by atoms with Crippen LogP contribution in [0.15, 0.2) is 40.0 Å². The first kappa shape index (κ1) is 22.3. The van der Waals surface area contributed by atoms with Crippen LogP contribution in [0.3, 0.4) is 0 Å². The molecule has 148 valence electrons. The number of guanidine groups is 1. The highest BCUT2D eigenvalue weighted by molar-refractivity contribution is 14.0. The van der Waals surface area contributed by atoms with Gasteiger partial charge in [-0.1, -0.05) is 34.4 Å². The molecule has 2 heterocycles. The standard InChI is InChI=1S/C18H23Cl2N5O.HI/c1-21-18(22-11-15-6-9-26-24-15)23-14-4-7-25(8-5-14)12-13-2-3-16(19)17(20)10-13;/h2-3,6,9-10,14H,4-5,7-8,11-12H2,1H3,(H2,21,22,23);1H. The van der Waals surface area contributed by atoms with E-state index in [1.807, 2.05) is 24.3 Å². The Morgan fingerprint density at radius 2 is 2.04 bits per heavy atom. The monoisotopic (exact) mass is 523 g/mol. The van der Waals surface area contributed by atoms with Crippen molar-refractivity contribution in [3.05, 3.63) is 51.8 Å². The molecule has 0 amide bonds. The van der Waals surface area contributed by atoms with Crippen LogP contribution < -0.4 is 10.6 Å². The van der Waals surface area contributed by atoms with Gasteiger partial charge in [-0.3, -0.25) is 9.89 Å². The molecule has 0 spiro atoms. The van der Waals surface area contributed by atoms with Crippen molar-refractivity contribution in [2.75, 3.05) is 20.1 Å². The highest BCUT2D eigenvalue weighted by Gasteiger charge is 2.20. The molecular weight excluding hydrogens is 500 g/mol. The van der Waals surface area contributed by atoms with E-state index in [4.69, 9.17) is 27.7 Å². The van der Waals surface area contributed by atoms with Gasteiger partial charge in [0.15, 0.2) is 5.96 Å². The van der Waals surface area contributed by atoms with E-state index in [1.54, 1.807) is 13.3 Å². The number of hydrogen-bond acceptors (Lipinski definition) is 4. The molecule has 0 atom stereocenters. The summed E-state index contributed by atoms with van der Waals surface area (Å²) >= 11 is 12.1. The van der Waals surface area contributed by atoms with Crippen molar-refractivity contribution in [3.63, 3.8) is 0 Å². The van der Waals surface area contributed by atoms with Crippen LogP contribution in [0.1, 0.15) is 24.1 Å². The van der Waals surface area contributed by atoms with Crippen molar-refractivity contribution in [3.8, 4) is 0 Å². The van der Waals surface area contributed by atoms with E-state index in [9.17, 15) is 0 Å². The fourth-order valence-corrected chi connectivity index (χ4v) is 3.34. The lowest BCUT2D eigenvalue weighted by Gasteiger charge is -2.33. The van der Waals surface area contributed by atoms with Crippen molar-refractivity contribution < 1.29 is 4.52 Å². The third kappa shape index (κ3) is 6.81. The first-order chi connectivity index (χ1) is 12.6. The summed E-state index contributed by atoms with van der Waals surface area (Å²) in [5, 5.41) is 11.8. The molecule has 3 rings (SSSR count). The van der Waals surface area contributed by atoms with E-state index >= 15 is 0 Å². The molecule has 0 radical (unpaired) electrons. The summed E-state index contributed by atoms with van der Waals surface area (Å²) in [6.07, 6.45) is 3.69. The van der Waals surface area contributed by atoms with Gasteiger partial charge in [0.05, 0.1) is 16.6 Å². The molecule has 1 aliphatic rings. The first-order valence-corrected chi connectivity index (χ1v) is 9.42. The lowest BCUT2D eigenvalue weighted by Crippen LogP contribution is -2.48. The number of nitrogens with one attached hydrogen (secondary N) is 2. The molecule has 0 unspecified atom stereocenters. The Balaban J connectivity index is 0.00000261. The topological polar surface area (TPSA) is 65.7 Å². The number of halogens is 3. The minimum absolute atomic E-state index is 0. The van der Waals surface area contributed by atoms with E-state index < -0.39 is 0 Å². The summed E-state index contributed by atoms with van der Waals surface area (Å²) in [6.45, 7) is 3.53. The quantitative estimate of drug-likeness (QED) is 0.353. The normalized spacial score (nSPS) is 16.0. The van der Waals surface area contributed by atoms with Crippen molar-refractivity contribution in [2.45, 2.75) is 32.0 Å². The van der Waals surface area contributed by atoms with Gasteiger partial charge in [0, 0.05) is 38.8 Å². The highest BCUT2D eigenvalue weighted by Crippen LogP contribution is 2.24. The van der Waals surface area contributed by atoms with Crippen LogP contribution >= 0.6 is 47.2 Å². The average Bonchev–Trinajstić information content (AvgIpc) is 3.17. The predicted molar refractivity (Wildman–Crippen MR) is 120 cm³/mol. The fourth-order valence-electron chi connectivity index (χ4n) is 3.02. The van der Waals surface area contributed by atoms with Gasteiger partial charge in [-0.05, 0) is 30.5 Å². The Morgan fingerprint density at radius 1 is 1.26 bits per heavy atom. The summed E-state index contributed by atoms with van der Waals surface area (Å²) in [7, 11) is 1.78. The smallest absolute Gasteiger partial charge is 0.191 e. The van der Waals surface area contributed by atoms with Gasteiger partial charge >= 0.3 is 0 Å². The van der Waals surface area contributed by atoms with Crippen molar-refractivity contribution in [2.24, 2.45) is 4.99 Å². The molecule has 0 aliphatic carbocycles. The zero-order chi connectivity index (χ0) is 18.4. The highest BCUT2D eigenvalue weighted by atomic mass is 127. The Hall–Kier alpha value is -1.03. The Morgan fingerprint density at radius 3 is 2.67 bits per heavy atom. The molecule has 1 aromatic heterocycles. The first-order valence-electron chi connectivity index (χ1n) is 8.67. The Labute approximate surface area is 186 Å². The van der Waals surface area contributed by atoms with Gasteiger partial charge in [-0.15, -0.1) is 24.0 Å². The Bertz CT molecular complexity index is 733. The predicted octanol–water partition coefficient (Wildman–Crippen LogP) is 3.93. The second kappa shape index (κ2) is 11.1. The van der Waals surface area contributed by atoms with Gasteiger partial charge < -0.3 is 15.2 Å². The minimum atomic E-state index is 0. The fraction of sp³-hybridized carbons (Fsp3) is 0.444. The molecule has 0 bridgehead atoms. The number of benzene rings is 1. The zero-order valence-corrected chi connectivity index (χ0v) is 19.0. The molecule has 2 N–H and O–H groups in total. The Kier molecular flexibility index (Phi) is 9.14. The molecule has 27 heavy (non-hydrogen) atoms. The maximum absolute atomic E-state index is 6.10. The third-order valence-corrected chi connectivity index (χ3v) is 5.21. The molecule has 1 aromatic carbocycles. The van der Waals surface area contributed by atoms with E-state index in [1.165, 1.54) is 5.56 Å². The van der Waals surface area contributed by atoms with Gasteiger partial charge in [-0.25, -0.2) is 0 Å². The summed E-state index contributed by atoms with van der Waals surface area (Å²) in [5.41, 5.74) is 2.04. The zero-order valence-electron chi connectivity index (χ0n) is 15.1. The number of piperidine rings is 1. The summed E-state index contributed by atoms with van der Waals surface area (Å²) in [4.78, 5) is 6.72. The molecule has 1 fully saturated rings. The van der Waals surface area contributed by atoms with E-state index in [0.29, 0.717) is 22.6 Å². The molecule has 0 saturated carbocycles. The molecule has 9 heteroatoms. The van der Waals surface area contributed by atoms with Crippen molar-refractivity contribution in [1.82, 2.24) is 20.7 Å². The summed E-state index contributed by atoms with van der Waals surface area (Å²) < 4.78 is 4.83. The lowest BCUT2D eigenvalue weighted by atomic mass is 10.0. The number of aromatic nitrogens is 1. The van der Waals surface area contributed by atoms with Gasteiger partial charge in [0.1, 0.15) is 12.0 Å². The van der Waals surface area contributed by atoms with Gasteiger partial charge in [0.25, 0.3) is 0 Å². The molecule has 6 nitrogen and oxygen atoms in total. The van der Waals surface area contributed by atoms with Crippen molar-refractivity contribution >= 4 is 53.1 Å². The molecule has 2 aromatic rings. The van der Waals surface area contributed by atoms with E-state index in [-0.39, 0.29) is 24.0 Å². The van der Waals surface area contributed by atoms with Crippen LogP contribution in [-0.4, -0.2) is 42.2 Å². The third-order valence-electron chi connectivity index (χ3n) is 4.47. The van der Waals surface area contributed by atoms with E-state index in [0.717, 1.165) is 44.1 Å². The number of hydrogen-bond donors (Lipinski definition) is 2. The minimum Gasteiger partial charge on any atom is -0.364 e. The number of nitrogens with zero attached hydrogens (tertiary/aromatic N) is 3. The van der Waals surface area contributed by atoms with Crippen LogP contribution in [0.25, 0.3) is 0 Å². The molecular formula is C18H24Cl2IN5O. The number of likely N-dealkylation sites (tertiary alicyclic amines) is 1. The second-order valence-electron chi connectivity index (χ2n) is 6.36. The van der Waals surface area contributed by atoms with E-state index in [2.05, 4.69) is 25.7 Å². The number of aliphatic imine (C=N–C) groups is 1. The maximum Gasteiger partial charge on any atom is 0.191 e. The average molecular weight is 524 g/mol. The summed E-state index contributed by atoms with van der Waals surface area (Å²) in [6, 6.07) is 8.08. The molecule has 1 aliphatic heterocycles. The van der Waals surface area contributed by atoms with Crippen LogP contribution in [-0.2, 0) is 13.1 Å². The number of rotatable bonds is 5. The van der Waals surface area contributed by atoms with Crippen molar-refractivity contribution in [1.29, 1.82) is 0 Å². The van der Waals surface area contributed by atoms with Crippen LogP contribution in [0, 0.1) is 0 Å².